The lowest BCUT2D eigenvalue weighted by molar-refractivity contribution is 0.453. The fourth-order valence-electron chi connectivity index (χ4n) is 2.05. The smallest absolute Gasteiger partial charge is 0.246 e. The summed E-state index contributed by atoms with van der Waals surface area (Å²) in [6, 6.07) is 2.19. The van der Waals surface area contributed by atoms with Crippen LogP contribution in [0.2, 0.25) is 5.02 Å². The Bertz CT molecular complexity index is 597. The molecule has 1 heterocycles. The molecule has 0 radical (unpaired) electrons. The van der Waals surface area contributed by atoms with Crippen LogP contribution in [-0.2, 0) is 10.0 Å². The first kappa shape index (κ1) is 15.2. The Morgan fingerprint density at radius 2 is 2.21 bits per heavy atom. The Balaban J connectivity index is 2.38. The summed E-state index contributed by atoms with van der Waals surface area (Å²) >= 11 is 8.89. The van der Waals surface area contributed by atoms with Gasteiger partial charge in [0.2, 0.25) is 10.0 Å². The quantitative estimate of drug-likeness (QED) is 0.829. The van der Waals surface area contributed by atoms with Crippen molar-refractivity contribution in [3.8, 4) is 0 Å². The second kappa shape index (κ2) is 5.65. The number of rotatable bonds is 3. The van der Waals surface area contributed by atoms with Gasteiger partial charge in [0.15, 0.2) is 0 Å². The third-order valence-corrected chi connectivity index (χ3v) is 6.25. The van der Waals surface area contributed by atoms with E-state index in [1.54, 1.807) is 0 Å². The third kappa shape index (κ3) is 2.95. The van der Waals surface area contributed by atoms with Crippen molar-refractivity contribution >= 4 is 37.6 Å². The summed E-state index contributed by atoms with van der Waals surface area (Å²) in [5.74, 6) is -0.684. The predicted octanol–water partition coefficient (Wildman–Crippen LogP) is 2.21. The molecule has 0 amide bonds. The summed E-state index contributed by atoms with van der Waals surface area (Å²) in [6.45, 7) is 1.11. The van der Waals surface area contributed by atoms with E-state index in [2.05, 4.69) is 15.9 Å². The number of sulfonamides is 1. The zero-order valence-electron chi connectivity index (χ0n) is 9.94. The van der Waals surface area contributed by atoms with Gasteiger partial charge in [-0.25, -0.2) is 12.8 Å². The molecule has 1 aromatic rings. The number of nitrogens with zero attached hydrogens (tertiary/aromatic N) is 1. The highest BCUT2D eigenvalue weighted by Gasteiger charge is 2.34. The maximum Gasteiger partial charge on any atom is 0.246 e. The molecule has 2 rings (SSSR count). The van der Waals surface area contributed by atoms with Crippen molar-refractivity contribution in [3.63, 3.8) is 0 Å². The molecule has 4 nitrogen and oxygen atoms in total. The van der Waals surface area contributed by atoms with Crippen LogP contribution in [0.1, 0.15) is 6.42 Å². The van der Waals surface area contributed by atoms with Gasteiger partial charge in [-0.1, -0.05) is 11.6 Å². The molecule has 1 fully saturated rings. The van der Waals surface area contributed by atoms with E-state index in [0.717, 1.165) is 12.1 Å². The van der Waals surface area contributed by atoms with Crippen LogP contribution < -0.4 is 5.73 Å². The van der Waals surface area contributed by atoms with Crippen LogP contribution in [0, 0.1) is 11.7 Å². The Hall–Kier alpha value is -0.210. The zero-order valence-corrected chi connectivity index (χ0v) is 13.1. The van der Waals surface area contributed by atoms with E-state index in [0.29, 0.717) is 30.5 Å². The molecule has 1 saturated heterocycles. The van der Waals surface area contributed by atoms with E-state index in [1.807, 2.05) is 0 Å². The predicted molar refractivity (Wildman–Crippen MR) is 75.0 cm³/mol. The molecule has 19 heavy (non-hydrogen) atoms. The van der Waals surface area contributed by atoms with Crippen molar-refractivity contribution in [2.24, 2.45) is 11.7 Å². The molecule has 1 aliphatic rings. The standard InChI is InChI=1S/C11H13BrClFN2O2S/c12-8-3-10(14)11(4-9(8)13)19(17,18)16-2-1-7(5-15)6-16/h3-4,7H,1-2,5-6,15H2. The van der Waals surface area contributed by atoms with Gasteiger partial charge in [0, 0.05) is 17.6 Å². The largest absolute Gasteiger partial charge is 0.330 e. The van der Waals surface area contributed by atoms with Crippen molar-refractivity contribution in [1.82, 2.24) is 4.31 Å². The molecular formula is C11H13BrClFN2O2S. The topological polar surface area (TPSA) is 63.4 Å². The molecule has 8 heteroatoms. The van der Waals surface area contributed by atoms with Crippen LogP contribution in [0.4, 0.5) is 4.39 Å². The summed E-state index contributed by atoms with van der Waals surface area (Å²) in [6.07, 6.45) is 0.696. The minimum Gasteiger partial charge on any atom is -0.330 e. The monoisotopic (exact) mass is 370 g/mol. The molecule has 1 atom stereocenters. The van der Waals surface area contributed by atoms with Gasteiger partial charge in [0.05, 0.1) is 5.02 Å². The lowest BCUT2D eigenvalue weighted by Gasteiger charge is -2.17. The van der Waals surface area contributed by atoms with E-state index in [1.165, 1.54) is 4.31 Å². The second-order valence-corrected chi connectivity index (χ2v) is 7.62. The van der Waals surface area contributed by atoms with Gasteiger partial charge in [-0.2, -0.15) is 4.31 Å². The van der Waals surface area contributed by atoms with Crippen LogP contribution >= 0.6 is 27.5 Å². The van der Waals surface area contributed by atoms with Gasteiger partial charge >= 0.3 is 0 Å². The first-order valence-corrected chi connectivity index (χ1v) is 8.32. The van der Waals surface area contributed by atoms with E-state index in [9.17, 15) is 12.8 Å². The average Bonchev–Trinajstić information content (AvgIpc) is 2.83. The number of hydrogen-bond acceptors (Lipinski definition) is 3. The number of hydrogen-bond donors (Lipinski definition) is 1. The summed E-state index contributed by atoms with van der Waals surface area (Å²) < 4.78 is 40.1. The molecule has 1 aliphatic heterocycles. The normalized spacial score (nSPS) is 20.9. The molecule has 0 saturated carbocycles. The first-order chi connectivity index (χ1) is 8.86. The van der Waals surface area contributed by atoms with Gasteiger partial charge in [0.1, 0.15) is 10.7 Å². The van der Waals surface area contributed by atoms with Crippen LogP contribution in [0.15, 0.2) is 21.5 Å². The average molecular weight is 372 g/mol. The molecule has 1 aromatic carbocycles. The highest BCUT2D eigenvalue weighted by atomic mass is 79.9. The SMILES string of the molecule is NCC1CCN(S(=O)(=O)c2cc(Cl)c(Br)cc2F)C1. The minimum atomic E-state index is -3.85. The van der Waals surface area contributed by atoms with Crippen molar-refractivity contribution in [1.29, 1.82) is 0 Å². The van der Waals surface area contributed by atoms with Crippen LogP contribution in [0.25, 0.3) is 0 Å². The van der Waals surface area contributed by atoms with Gasteiger partial charge < -0.3 is 5.73 Å². The van der Waals surface area contributed by atoms with E-state index < -0.39 is 20.7 Å². The van der Waals surface area contributed by atoms with Gasteiger partial charge in [-0.05, 0) is 46.9 Å². The lowest BCUT2D eigenvalue weighted by atomic mass is 10.1. The van der Waals surface area contributed by atoms with Crippen molar-refractivity contribution < 1.29 is 12.8 Å². The Morgan fingerprint density at radius 1 is 1.53 bits per heavy atom. The van der Waals surface area contributed by atoms with Gasteiger partial charge in [-0.3, -0.25) is 0 Å². The second-order valence-electron chi connectivity index (χ2n) is 4.45. The number of benzene rings is 1. The van der Waals surface area contributed by atoms with Crippen molar-refractivity contribution in [2.75, 3.05) is 19.6 Å². The molecule has 0 bridgehead atoms. The van der Waals surface area contributed by atoms with Crippen LogP contribution in [-0.4, -0.2) is 32.4 Å². The first-order valence-electron chi connectivity index (χ1n) is 5.71. The number of nitrogens with two attached hydrogens (primary N) is 1. The van der Waals surface area contributed by atoms with Crippen LogP contribution in [0.5, 0.6) is 0 Å². The van der Waals surface area contributed by atoms with E-state index >= 15 is 0 Å². The molecule has 2 N–H and O–H groups in total. The summed E-state index contributed by atoms with van der Waals surface area (Å²) in [5.41, 5.74) is 5.53. The minimum absolute atomic E-state index is 0.128. The Kier molecular flexibility index (Phi) is 4.52. The Morgan fingerprint density at radius 3 is 2.79 bits per heavy atom. The molecule has 0 aliphatic carbocycles. The molecular weight excluding hydrogens is 359 g/mol. The maximum atomic E-state index is 13.8. The maximum absolute atomic E-state index is 13.8. The third-order valence-electron chi connectivity index (χ3n) is 3.17. The summed E-state index contributed by atoms with van der Waals surface area (Å²) in [5, 5.41) is 0.162. The van der Waals surface area contributed by atoms with Gasteiger partial charge in [-0.15, -0.1) is 0 Å². The van der Waals surface area contributed by atoms with E-state index in [4.69, 9.17) is 17.3 Å². The van der Waals surface area contributed by atoms with Gasteiger partial charge in [0.25, 0.3) is 0 Å². The fraction of sp³-hybridized carbons (Fsp3) is 0.455. The molecule has 0 aromatic heterocycles. The molecule has 1 unspecified atom stereocenters. The molecule has 0 spiro atoms. The highest BCUT2D eigenvalue weighted by molar-refractivity contribution is 9.10. The summed E-state index contributed by atoms with van der Waals surface area (Å²) in [7, 11) is -3.85. The van der Waals surface area contributed by atoms with E-state index in [-0.39, 0.29) is 10.9 Å². The number of halogens is 3. The highest BCUT2D eigenvalue weighted by Crippen LogP contribution is 2.31. The fourth-order valence-corrected chi connectivity index (χ4v) is 4.20. The zero-order chi connectivity index (χ0) is 14.2. The lowest BCUT2D eigenvalue weighted by Crippen LogP contribution is -2.30. The Labute approximate surface area is 124 Å². The summed E-state index contributed by atoms with van der Waals surface area (Å²) in [4.78, 5) is -0.390. The molecule has 106 valence electrons. The van der Waals surface area contributed by atoms with Crippen LogP contribution in [0.3, 0.4) is 0 Å². The van der Waals surface area contributed by atoms with Crippen molar-refractivity contribution in [3.05, 3.63) is 27.4 Å². The van der Waals surface area contributed by atoms with Crippen molar-refractivity contribution in [2.45, 2.75) is 11.3 Å².